The highest BCUT2D eigenvalue weighted by molar-refractivity contribution is 5.91. The van der Waals surface area contributed by atoms with Crippen molar-refractivity contribution >= 4 is 5.84 Å². The lowest BCUT2D eigenvalue weighted by Crippen LogP contribution is -2.49. The largest absolute Gasteiger partial charge is 0.377 e. The van der Waals surface area contributed by atoms with Crippen LogP contribution >= 0.6 is 0 Å². The molecule has 3 N–H and O–H groups in total. The molecule has 17 heavy (non-hydrogen) atoms. The molecular weight excluding hydrogens is 216 g/mol. The van der Waals surface area contributed by atoms with E-state index in [1.807, 2.05) is 14.0 Å². The van der Waals surface area contributed by atoms with Gasteiger partial charge in [0.05, 0.1) is 12.6 Å². The summed E-state index contributed by atoms with van der Waals surface area (Å²) in [6.45, 7) is 4.31. The Hall–Kier alpha value is -0.910. The molecule has 96 valence electrons. The highest BCUT2D eigenvalue weighted by Gasteiger charge is 2.34. The van der Waals surface area contributed by atoms with Gasteiger partial charge in [0.25, 0.3) is 0 Å². The standard InChI is InChI=1S/C12H22N4O/c1-3-9-7-14-12(15-9)10-5-4-6-16(10)11(17)8-13-2/h3,10-11,13,17H,4-8H2,1-2H3,(H,14,15)/b9-3-/t10-,11?/m0/s1. The maximum atomic E-state index is 10.1. The molecule has 2 heterocycles. The number of likely N-dealkylation sites (tertiary alicyclic amines) is 1. The van der Waals surface area contributed by atoms with Crippen molar-refractivity contribution in [1.82, 2.24) is 15.5 Å². The van der Waals surface area contributed by atoms with Crippen LogP contribution < -0.4 is 10.6 Å². The Kier molecular flexibility index (Phi) is 4.15. The maximum absolute atomic E-state index is 10.1. The molecule has 0 saturated carbocycles. The normalized spacial score (nSPS) is 29.5. The van der Waals surface area contributed by atoms with E-state index < -0.39 is 6.23 Å². The molecule has 1 saturated heterocycles. The van der Waals surface area contributed by atoms with Crippen molar-refractivity contribution in [3.05, 3.63) is 11.8 Å². The molecule has 0 aromatic heterocycles. The summed E-state index contributed by atoms with van der Waals surface area (Å²) in [6, 6.07) is 0.246. The molecule has 2 aliphatic rings. The van der Waals surface area contributed by atoms with Crippen LogP contribution in [0.15, 0.2) is 16.8 Å². The number of nitrogens with one attached hydrogen (secondary N) is 2. The van der Waals surface area contributed by atoms with E-state index >= 15 is 0 Å². The van der Waals surface area contributed by atoms with Crippen molar-refractivity contribution in [1.29, 1.82) is 0 Å². The SMILES string of the molecule is C/C=C1/CN=C([C@@H]2CCCN2C(O)CNC)N1. The molecule has 5 nitrogen and oxygen atoms in total. The van der Waals surface area contributed by atoms with Gasteiger partial charge in [-0.2, -0.15) is 0 Å². The number of hydrogen-bond donors (Lipinski definition) is 3. The highest BCUT2D eigenvalue weighted by Crippen LogP contribution is 2.21. The van der Waals surface area contributed by atoms with Gasteiger partial charge in [-0.15, -0.1) is 0 Å². The molecule has 5 heteroatoms. The zero-order valence-corrected chi connectivity index (χ0v) is 10.6. The van der Waals surface area contributed by atoms with E-state index in [0.29, 0.717) is 6.54 Å². The second-order valence-electron chi connectivity index (χ2n) is 4.57. The molecular formula is C12H22N4O. The fourth-order valence-corrected chi connectivity index (χ4v) is 2.51. The molecule has 2 aliphatic heterocycles. The molecule has 2 atom stereocenters. The van der Waals surface area contributed by atoms with E-state index in [-0.39, 0.29) is 6.04 Å². The lowest BCUT2D eigenvalue weighted by Gasteiger charge is -2.29. The van der Waals surface area contributed by atoms with Crippen molar-refractivity contribution < 1.29 is 5.11 Å². The summed E-state index contributed by atoms with van der Waals surface area (Å²) in [7, 11) is 1.86. The van der Waals surface area contributed by atoms with Gasteiger partial charge in [0.2, 0.25) is 0 Å². The van der Waals surface area contributed by atoms with Crippen LogP contribution in [0.4, 0.5) is 0 Å². The lowest BCUT2D eigenvalue weighted by atomic mass is 10.2. The second-order valence-corrected chi connectivity index (χ2v) is 4.57. The quantitative estimate of drug-likeness (QED) is 0.640. The van der Waals surface area contributed by atoms with Gasteiger partial charge in [0, 0.05) is 18.8 Å². The molecule has 0 aromatic carbocycles. The zero-order valence-electron chi connectivity index (χ0n) is 10.6. The number of likely N-dealkylation sites (N-methyl/N-ethyl adjacent to an activating group) is 1. The minimum Gasteiger partial charge on any atom is -0.377 e. The second kappa shape index (κ2) is 5.62. The van der Waals surface area contributed by atoms with Crippen molar-refractivity contribution in [2.45, 2.75) is 32.0 Å². The van der Waals surface area contributed by atoms with Crippen LogP contribution in [0.2, 0.25) is 0 Å². The van der Waals surface area contributed by atoms with Crippen molar-refractivity contribution in [2.75, 3.05) is 26.7 Å². The Labute approximate surface area is 103 Å². The average Bonchev–Trinajstić information content (AvgIpc) is 2.97. The number of hydrogen-bond acceptors (Lipinski definition) is 5. The molecule has 0 spiro atoms. The number of amidine groups is 1. The Morgan fingerprint density at radius 1 is 1.71 bits per heavy atom. The van der Waals surface area contributed by atoms with Gasteiger partial charge in [-0.3, -0.25) is 9.89 Å². The van der Waals surface area contributed by atoms with Crippen LogP contribution in [0.3, 0.4) is 0 Å². The van der Waals surface area contributed by atoms with Crippen LogP contribution in [0.1, 0.15) is 19.8 Å². The van der Waals surface area contributed by atoms with E-state index in [4.69, 9.17) is 0 Å². The van der Waals surface area contributed by atoms with Crippen LogP contribution in [0.25, 0.3) is 0 Å². The summed E-state index contributed by atoms with van der Waals surface area (Å²) < 4.78 is 0. The van der Waals surface area contributed by atoms with E-state index in [1.54, 1.807) is 0 Å². The number of aliphatic hydroxyl groups is 1. The van der Waals surface area contributed by atoms with Gasteiger partial charge in [-0.25, -0.2) is 0 Å². The smallest absolute Gasteiger partial charge is 0.120 e. The number of nitrogens with zero attached hydrogens (tertiary/aromatic N) is 2. The monoisotopic (exact) mass is 238 g/mol. The fraction of sp³-hybridized carbons (Fsp3) is 0.750. The number of rotatable bonds is 4. The molecule has 0 amide bonds. The summed E-state index contributed by atoms with van der Waals surface area (Å²) >= 11 is 0. The fourth-order valence-electron chi connectivity index (χ4n) is 2.51. The number of aliphatic hydroxyl groups excluding tert-OH is 1. The lowest BCUT2D eigenvalue weighted by molar-refractivity contribution is 0.0112. The van der Waals surface area contributed by atoms with Gasteiger partial charge in [-0.05, 0) is 26.8 Å². The maximum Gasteiger partial charge on any atom is 0.120 e. The Bertz CT molecular complexity index is 326. The first-order valence-corrected chi connectivity index (χ1v) is 6.31. The third-order valence-corrected chi connectivity index (χ3v) is 3.44. The first-order chi connectivity index (χ1) is 8.26. The topological polar surface area (TPSA) is 59.9 Å². The summed E-state index contributed by atoms with van der Waals surface area (Å²) in [5.41, 5.74) is 1.16. The van der Waals surface area contributed by atoms with Crippen LogP contribution in [0.5, 0.6) is 0 Å². The van der Waals surface area contributed by atoms with Gasteiger partial charge in [0.1, 0.15) is 12.1 Å². The Morgan fingerprint density at radius 2 is 2.53 bits per heavy atom. The first kappa shape index (κ1) is 12.5. The van der Waals surface area contributed by atoms with E-state index in [1.165, 1.54) is 0 Å². The van der Waals surface area contributed by atoms with Crippen LogP contribution in [0, 0.1) is 0 Å². The van der Waals surface area contributed by atoms with Crippen molar-refractivity contribution in [3.8, 4) is 0 Å². The molecule has 0 bridgehead atoms. The molecule has 0 aliphatic carbocycles. The molecule has 2 rings (SSSR count). The van der Waals surface area contributed by atoms with Gasteiger partial charge < -0.3 is 15.7 Å². The highest BCUT2D eigenvalue weighted by atomic mass is 16.3. The summed E-state index contributed by atoms with van der Waals surface area (Å²) in [6.07, 6.45) is 3.83. The summed E-state index contributed by atoms with van der Waals surface area (Å²) in [5.74, 6) is 1.02. The third-order valence-electron chi connectivity index (χ3n) is 3.44. The summed E-state index contributed by atoms with van der Waals surface area (Å²) in [5, 5.41) is 16.4. The van der Waals surface area contributed by atoms with Crippen molar-refractivity contribution in [2.24, 2.45) is 4.99 Å². The molecule has 1 fully saturated rings. The molecule has 0 radical (unpaired) electrons. The molecule has 0 aromatic rings. The zero-order chi connectivity index (χ0) is 12.3. The third kappa shape index (κ3) is 2.68. The van der Waals surface area contributed by atoms with E-state index in [2.05, 4.69) is 26.6 Å². The predicted molar refractivity (Wildman–Crippen MR) is 68.9 cm³/mol. The summed E-state index contributed by atoms with van der Waals surface area (Å²) in [4.78, 5) is 6.65. The predicted octanol–water partition coefficient (Wildman–Crippen LogP) is -0.106. The van der Waals surface area contributed by atoms with Gasteiger partial charge in [0.15, 0.2) is 0 Å². The van der Waals surface area contributed by atoms with Crippen LogP contribution in [-0.4, -0.2) is 54.8 Å². The molecule has 1 unspecified atom stereocenters. The minimum atomic E-state index is -0.424. The number of aliphatic imine (C=N–C) groups is 1. The Balaban J connectivity index is 2.00. The van der Waals surface area contributed by atoms with Crippen molar-refractivity contribution in [3.63, 3.8) is 0 Å². The first-order valence-electron chi connectivity index (χ1n) is 6.31. The minimum absolute atomic E-state index is 0.246. The Morgan fingerprint density at radius 3 is 3.18 bits per heavy atom. The van der Waals surface area contributed by atoms with E-state index in [0.717, 1.165) is 37.5 Å². The van der Waals surface area contributed by atoms with E-state index in [9.17, 15) is 5.11 Å². The van der Waals surface area contributed by atoms with Gasteiger partial charge in [-0.1, -0.05) is 6.08 Å². The van der Waals surface area contributed by atoms with Gasteiger partial charge >= 0.3 is 0 Å². The van der Waals surface area contributed by atoms with Crippen LogP contribution in [-0.2, 0) is 0 Å². The number of allylic oxidation sites excluding steroid dienone is 1. The average molecular weight is 238 g/mol.